The van der Waals surface area contributed by atoms with Crippen molar-refractivity contribution in [2.45, 2.75) is 27.7 Å². The summed E-state index contributed by atoms with van der Waals surface area (Å²) in [5.74, 6) is -1.30. The molecule has 2 rings (SSSR count). The van der Waals surface area contributed by atoms with Gasteiger partial charge in [-0.1, -0.05) is 44.7 Å². The first-order valence-electron chi connectivity index (χ1n) is 8.18. The number of ketones is 1. The Morgan fingerprint density at radius 2 is 1.04 bits per heavy atom. The molecule has 0 fully saturated rings. The summed E-state index contributed by atoms with van der Waals surface area (Å²) < 4.78 is 10.0. The highest BCUT2D eigenvalue weighted by Gasteiger charge is 2.10. The van der Waals surface area contributed by atoms with Crippen molar-refractivity contribution in [3.63, 3.8) is 0 Å². The summed E-state index contributed by atoms with van der Waals surface area (Å²) in [7, 11) is 0. The van der Waals surface area contributed by atoms with E-state index in [4.69, 9.17) is 9.47 Å². The molecule has 0 amide bonds. The van der Waals surface area contributed by atoms with E-state index in [-0.39, 0.29) is 0 Å². The highest BCUT2D eigenvalue weighted by molar-refractivity contribution is 6.33. The van der Waals surface area contributed by atoms with Crippen molar-refractivity contribution in [3.8, 4) is 22.6 Å². The third-order valence-electron chi connectivity index (χ3n) is 3.10. The number of hydrogen-bond acceptors (Lipinski definition) is 5. The van der Waals surface area contributed by atoms with Gasteiger partial charge in [0.1, 0.15) is 11.5 Å². The highest BCUT2D eigenvalue weighted by atomic mass is 16.5. The van der Waals surface area contributed by atoms with E-state index in [2.05, 4.69) is 6.58 Å². The molecule has 2 aromatic rings. The van der Waals surface area contributed by atoms with E-state index in [1.807, 2.05) is 13.8 Å². The van der Waals surface area contributed by atoms with Gasteiger partial charge in [-0.05, 0) is 42.3 Å². The van der Waals surface area contributed by atoms with Crippen LogP contribution in [0.2, 0.25) is 0 Å². The predicted molar refractivity (Wildman–Crippen MR) is 100.0 cm³/mol. The third kappa shape index (κ3) is 6.02. The van der Waals surface area contributed by atoms with E-state index in [1.54, 1.807) is 55.5 Å². The molecule has 0 aliphatic carbocycles. The predicted octanol–water partition coefficient (Wildman–Crippen LogP) is 4.36. The maximum Gasteiger partial charge on any atom is 0.379 e. The number of hydrogen-bond donors (Lipinski definition) is 0. The molecule has 26 heavy (non-hydrogen) atoms. The molecule has 0 aliphatic heterocycles. The average Bonchev–Trinajstić information content (AvgIpc) is 2.64. The van der Waals surface area contributed by atoms with Crippen LogP contribution < -0.4 is 9.47 Å². The largest absolute Gasteiger partial charge is 0.423 e. The average molecular weight is 354 g/mol. The minimum absolute atomic E-state index is 0.297. The first kappa shape index (κ1) is 20.8. The van der Waals surface area contributed by atoms with Crippen LogP contribution in [-0.2, 0) is 14.4 Å². The number of Topliss-reactive ketones (excluding diaryl/α,β-unsaturated/α-hetero) is 1. The first-order chi connectivity index (χ1) is 12.4. The summed E-state index contributed by atoms with van der Waals surface area (Å²) in [6.45, 7) is 10.3. The van der Waals surface area contributed by atoms with Crippen LogP contribution in [0.25, 0.3) is 11.1 Å². The summed E-state index contributed by atoms with van der Waals surface area (Å²) in [5, 5.41) is 0. The maximum absolute atomic E-state index is 11.5. The number of rotatable bonds is 5. The molecule has 0 saturated carbocycles. The molecular formula is C21H22O5. The number of carbonyl (C=O) groups excluding carboxylic acids is 3. The van der Waals surface area contributed by atoms with Crippen LogP contribution in [0.3, 0.4) is 0 Å². The Bertz CT molecular complexity index is 717. The van der Waals surface area contributed by atoms with Crippen molar-refractivity contribution in [3.05, 3.63) is 60.7 Å². The monoisotopic (exact) mass is 354 g/mol. The van der Waals surface area contributed by atoms with E-state index < -0.39 is 17.7 Å². The van der Waals surface area contributed by atoms with Crippen molar-refractivity contribution >= 4 is 17.7 Å². The molecule has 136 valence electrons. The zero-order valence-electron chi connectivity index (χ0n) is 15.4. The summed E-state index contributed by atoms with van der Waals surface area (Å²) in [5.41, 5.74) is 2.11. The van der Waals surface area contributed by atoms with Gasteiger partial charge in [0.25, 0.3) is 0 Å². The van der Waals surface area contributed by atoms with Crippen molar-refractivity contribution in [2.75, 3.05) is 0 Å². The molecule has 2 aromatic carbocycles. The van der Waals surface area contributed by atoms with Crippen molar-refractivity contribution in [2.24, 2.45) is 0 Å². The maximum atomic E-state index is 11.5. The van der Waals surface area contributed by atoms with Crippen molar-refractivity contribution < 1.29 is 23.9 Å². The third-order valence-corrected chi connectivity index (χ3v) is 3.10. The van der Waals surface area contributed by atoms with E-state index in [0.29, 0.717) is 17.1 Å². The van der Waals surface area contributed by atoms with Crippen molar-refractivity contribution in [1.29, 1.82) is 0 Å². The zero-order chi connectivity index (χ0) is 19.7. The lowest BCUT2D eigenvalue weighted by Crippen LogP contribution is -2.16. The summed E-state index contributed by atoms with van der Waals surface area (Å²) in [4.78, 5) is 33.5. The van der Waals surface area contributed by atoms with Gasteiger partial charge >= 0.3 is 11.9 Å². The van der Waals surface area contributed by atoms with Gasteiger partial charge in [-0.25, -0.2) is 9.59 Å². The fourth-order valence-electron chi connectivity index (χ4n) is 1.80. The Balaban J connectivity index is 0.00000163. The Hall–Kier alpha value is -3.21. The number of ether oxygens (including phenoxy) is 2. The van der Waals surface area contributed by atoms with E-state index >= 15 is 0 Å². The van der Waals surface area contributed by atoms with Crippen LogP contribution in [0, 0.1) is 0 Å². The molecular weight excluding hydrogens is 332 g/mol. The number of carbonyl (C=O) groups is 3. The lowest BCUT2D eigenvalue weighted by atomic mass is 10.1. The lowest BCUT2D eigenvalue weighted by molar-refractivity contribution is -0.146. The molecule has 0 spiro atoms. The van der Waals surface area contributed by atoms with Crippen molar-refractivity contribution in [1.82, 2.24) is 0 Å². The van der Waals surface area contributed by atoms with Gasteiger partial charge < -0.3 is 9.47 Å². The minimum Gasteiger partial charge on any atom is -0.423 e. The van der Waals surface area contributed by atoms with Crippen LogP contribution in [0.5, 0.6) is 11.5 Å². The Morgan fingerprint density at radius 3 is 1.35 bits per heavy atom. The zero-order valence-corrected chi connectivity index (χ0v) is 15.4. The van der Waals surface area contributed by atoms with Gasteiger partial charge in [0, 0.05) is 12.5 Å². The van der Waals surface area contributed by atoms with Gasteiger partial charge in [0.15, 0.2) is 0 Å². The smallest absolute Gasteiger partial charge is 0.379 e. The normalized spacial score (nSPS) is 9.38. The number of esters is 2. The van der Waals surface area contributed by atoms with Crippen LogP contribution >= 0.6 is 0 Å². The second-order valence-electron chi connectivity index (χ2n) is 5.16. The summed E-state index contributed by atoms with van der Waals surface area (Å²) in [6.07, 6.45) is 0. The second kappa shape index (κ2) is 9.93. The Morgan fingerprint density at radius 1 is 0.692 bits per heavy atom. The first-order valence-corrected chi connectivity index (χ1v) is 8.18. The van der Waals surface area contributed by atoms with Gasteiger partial charge in [-0.15, -0.1) is 0 Å². The molecule has 0 atom stereocenters. The van der Waals surface area contributed by atoms with Crippen LogP contribution in [0.15, 0.2) is 60.7 Å². The standard InChI is InChI=1S/C19H16O5.C2H6/c1-12(2)18(21)23-16-8-4-14(5-9-16)15-6-10-17(11-7-15)24-19(22)13(3)20;1-2/h4-11H,1H2,2-3H3;1-2H3. The minimum atomic E-state index is -0.897. The fraction of sp³-hybridized carbons (Fsp3) is 0.190. The van der Waals surface area contributed by atoms with Gasteiger partial charge in [-0.2, -0.15) is 0 Å². The summed E-state index contributed by atoms with van der Waals surface area (Å²) >= 11 is 0. The van der Waals surface area contributed by atoms with Crippen LogP contribution in [0.1, 0.15) is 27.7 Å². The quantitative estimate of drug-likeness (QED) is 0.345. The van der Waals surface area contributed by atoms with Gasteiger partial charge in [-0.3, -0.25) is 4.79 Å². The SMILES string of the molecule is C=C(C)C(=O)Oc1ccc(-c2ccc(OC(=O)C(C)=O)cc2)cc1.CC. The molecule has 0 radical (unpaired) electrons. The van der Waals surface area contributed by atoms with E-state index in [9.17, 15) is 14.4 Å². The van der Waals surface area contributed by atoms with Gasteiger partial charge in [0.05, 0.1) is 0 Å². The van der Waals surface area contributed by atoms with Crippen LogP contribution in [0.4, 0.5) is 0 Å². The highest BCUT2D eigenvalue weighted by Crippen LogP contribution is 2.25. The topological polar surface area (TPSA) is 69.7 Å². The van der Waals surface area contributed by atoms with E-state index in [0.717, 1.165) is 18.1 Å². The Kier molecular flexibility index (Phi) is 7.96. The molecule has 0 bridgehead atoms. The summed E-state index contributed by atoms with van der Waals surface area (Å²) in [6, 6.07) is 13.7. The molecule has 0 aromatic heterocycles. The number of benzene rings is 2. The molecule has 0 aliphatic rings. The van der Waals surface area contributed by atoms with Gasteiger partial charge in [0.2, 0.25) is 5.78 Å². The second-order valence-corrected chi connectivity index (χ2v) is 5.16. The Labute approximate surface area is 153 Å². The molecule has 5 nitrogen and oxygen atoms in total. The molecule has 0 N–H and O–H groups in total. The molecule has 0 heterocycles. The van der Waals surface area contributed by atoms with Crippen LogP contribution in [-0.4, -0.2) is 17.7 Å². The molecule has 0 saturated heterocycles. The fourth-order valence-corrected chi connectivity index (χ4v) is 1.80. The molecule has 0 unspecified atom stereocenters. The van der Waals surface area contributed by atoms with E-state index in [1.165, 1.54) is 0 Å². The lowest BCUT2D eigenvalue weighted by Gasteiger charge is -2.07. The molecule has 5 heteroatoms.